The Hall–Kier alpha value is -3.07. The molecule has 2 aromatic carbocycles. The summed E-state index contributed by atoms with van der Waals surface area (Å²) in [6.45, 7) is 4.53. The van der Waals surface area contributed by atoms with Crippen LogP contribution in [0.3, 0.4) is 0 Å². The van der Waals surface area contributed by atoms with Gasteiger partial charge >= 0.3 is 0 Å². The third-order valence-corrected chi connectivity index (χ3v) is 6.41. The van der Waals surface area contributed by atoms with Gasteiger partial charge in [-0.05, 0) is 42.5 Å². The molecule has 29 heavy (non-hydrogen) atoms. The molecule has 0 aliphatic rings. The van der Waals surface area contributed by atoms with Crippen molar-refractivity contribution < 1.29 is 4.42 Å². The summed E-state index contributed by atoms with van der Waals surface area (Å²) in [4.78, 5) is 9.36. The van der Waals surface area contributed by atoms with Gasteiger partial charge in [-0.15, -0.1) is 0 Å². The number of aromatic nitrogens is 2. The molecule has 0 atom stereocenters. The molecule has 3 heterocycles. The van der Waals surface area contributed by atoms with E-state index in [0.717, 1.165) is 38.5 Å². The van der Waals surface area contributed by atoms with Crippen LogP contribution in [0.25, 0.3) is 44.2 Å². The first-order valence-corrected chi connectivity index (χ1v) is 10.1. The zero-order valence-electron chi connectivity index (χ0n) is 17.2. The van der Waals surface area contributed by atoms with E-state index in [-0.39, 0.29) is 5.21 Å². The molecule has 0 unspecified atom stereocenters. The molecule has 5 rings (SSSR count). The largest absolute Gasteiger partial charge is 0.438 e. The van der Waals surface area contributed by atoms with Gasteiger partial charge in [-0.2, -0.15) is 0 Å². The zero-order valence-corrected chi connectivity index (χ0v) is 17.2. The van der Waals surface area contributed by atoms with Crippen LogP contribution in [0.1, 0.15) is 19.4 Å². The minimum Gasteiger partial charge on any atom is -0.438 e. The van der Waals surface area contributed by atoms with E-state index in [1.54, 1.807) is 0 Å². The van der Waals surface area contributed by atoms with Crippen LogP contribution >= 0.6 is 0 Å². The maximum Gasteiger partial charge on any atom is 0.227 e. The number of rotatable bonds is 3. The van der Waals surface area contributed by atoms with Gasteiger partial charge in [-0.25, -0.2) is 4.98 Å². The van der Waals surface area contributed by atoms with Gasteiger partial charge in [0.15, 0.2) is 0 Å². The van der Waals surface area contributed by atoms with E-state index >= 15 is 0 Å². The lowest BCUT2D eigenvalue weighted by Crippen LogP contribution is -2.33. The number of hydrogen-bond acceptors (Lipinski definition) is 3. The Balaban J connectivity index is 1.68. The van der Waals surface area contributed by atoms with Crippen LogP contribution in [0, 0.1) is 5.92 Å². The van der Waals surface area contributed by atoms with Crippen molar-refractivity contribution in [1.29, 1.82) is 0 Å². The number of furan rings is 1. The fraction of sp³-hybridized carbons (Fsp3) is 0.167. The Morgan fingerprint density at radius 1 is 0.931 bits per heavy atom. The van der Waals surface area contributed by atoms with E-state index in [2.05, 4.69) is 70.9 Å². The highest BCUT2D eigenvalue weighted by molar-refractivity contribution is 6.40. The van der Waals surface area contributed by atoms with Crippen molar-refractivity contribution in [3.63, 3.8) is 0 Å². The van der Waals surface area contributed by atoms with Crippen molar-refractivity contribution in [2.75, 3.05) is 0 Å². The molecule has 0 saturated heterocycles. The lowest BCUT2D eigenvalue weighted by Gasteiger charge is -2.30. The topological polar surface area (TPSA) is 38.9 Å². The molecule has 3 aromatic heterocycles. The number of hydrogen-bond donors (Lipinski definition) is 0. The average Bonchev–Trinajstić information content (AvgIpc) is 3.08. The Labute approximate surface area is 172 Å². The van der Waals surface area contributed by atoms with Gasteiger partial charge < -0.3 is 4.42 Å². The highest BCUT2D eigenvalue weighted by Crippen LogP contribution is 2.34. The second-order valence-corrected chi connectivity index (χ2v) is 8.65. The number of para-hydroxylation sites is 1. The lowest BCUT2D eigenvalue weighted by molar-refractivity contribution is 0.570. The van der Waals surface area contributed by atoms with E-state index in [1.165, 1.54) is 5.56 Å². The van der Waals surface area contributed by atoms with E-state index in [1.807, 2.05) is 30.5 Å². The van der Waals surface area contributed by atoms with Crippen LogP contribution in [-0.4, -0.2) is 25.7 Å². The summed E-state index contributed by atoms with van der Waals surface area (Å²) in [5.74, 6) is 0.539. The number of fused-ring (bicyclic) bond motifs is 4. The predicted octanol–water partition coefficient (Wildman–Crippen LogP) is 4.27. The fourth-order valence-corrected chi connectivity index (χ4v) is 3.78. The maximum atomic E-state index is 6.03. The molecular formula is C24H22B2N2O. The molecule has 5 aromatic rings. The normalized spacial score (nSPS) is 12.4. The quantitative estimate of drug-likeness (QED) is 0.442. The molecule has 0 fully saturated rings. The molecule has 0 aliphatic heterocycles. The van der Waals surface area contributed by atoms with Crippen LogP contribution in [0.2, 0.25) is 0 Å². The number of pyridine rings is 2. The smallest absolute Gasteiger partial charge is 0.227 e. The van der Waals surface area contributed by atoms with Crippen molar-refractivity contribution in [2.45, 2.75) is 19.1 Å². The molecule has 140 valence electrons. The lowest BCUT2D eigenvalue weighted by atomic mass is 9.46. The van der Waals surface area contributed by atoms with Crippen molar-refractivity contribution in [3.8, 4) is 11.3 Å². The highest BCUT2D eigenvalue weighted by atomic mass is 16.3. The molecule has 0 spiro atoms. The fourth-order valence-electron chi connectivity index (χ4n) is 3.78. The van der Waals surface area contributed by atoms with E-state index in [0.29, 0.717) is 11.6 Å². The van der Waals surface area contributed by atoms with Gasteiger partial charge in [-0.3, -0.25) is 4.98 Å². The summed E-state index contributed by atoms with van der Waals surface area (Å²) in [5.41, 5.74) is 5.87. The minimum absolute atomic E-state index is 0.0902. The third kappa shape index (κ3) is 2.93. The Morgan fingerprint density at radius 2 is 1.76 bits per heavy atom. The van der Waals surface area contributed by atoms with Crippen LogP contribution in [0.5, 0.6) is 0 Å². The molecule has 0 saturated carbocycles. The van der Waals surface area contributed by atoms with Gasteiger partial charge in [0, 0.05) is 27.9 Å². The SMILES string of the molecule is BC(B)(c1ccnc(-c2ccc3oc4nc5ccccc5cc4c3c2)c1)C(C)C. The van der Waals surface area contributed by atoms with E-state index in [9.17, 15) is 0 Å². The van der Waals surface area contributed by atoms with E-state index < -0.39 is 0 Å². The average molecular weight is 376 g/mol. The number of benzene rings is 2. The molecule has 0 N–H and O–H groups in total. The highest BCUT2D eigenvalue weighted by Gasteiger charge is 2.25. The van der Waals surface area contributed by atoms with Gasteiger partial charge in [0.2, 0.25) is 5.71 Å². The van der Waals surface area contributed by atoms with Crippen LogP contribution in [0.15, 0.2) is 71.3 Å². The molecule has 3 nitrogen and oxygen atoms in total. The Bertz CT molecular complexity index is 1370. The maximum absolute atomic E-state index is 6.03. The third-order valence-electron chi connectivity index (χ3n) is 6.41. The molecule has 0 radical (unpaired) electrons. The summed E-state index contributed by atoms with van der Waals surface area (Å²) < 4.78 is 6.03. The molecule has 0 amide bonds. The van der Waals surface area contributed by atoms with Crippen LogP contribution in [-0.2, 0) is 5.21 Å². The Morgan fingerprint density at radius 3 is 2.59 bits per heavy atom. The summed E-state index contributed by atoms with van der Waals surface area (Å²) in [6.07, 6.45) is 1.92. The predicted molar refractivity (Wildman–Crippen MR) is 126 cm³/mol. The van der Waals surface area contributed by atoms with Crippen molar-refractivity contribution in [2.24, 2.45) is 5.92 Å². The summed E-state index contributed by atoms with van der Waals surface area (Å²) in [7, 11) is 4.58. The Kier molecular flexibility index (Phi) is 4.02. The first kappa shape index (κ1) is 18.0. The summed E-state index contributed by atoms with van der Waals surface area (Å²) in [6, 6.07) is 20.9. The summed E-state index contributed by atoms with van der Waals surface area (Å²) in [5, 5.41) is 3.32. The van der Waals surface area contributed by atoms with Crippen molar-refractivity contribution in [3.05, 3.63) is 72.4 Å². The molecule has 0 aliphatic carbocycles. The molecule has 5 heteroatoms. The van der Waals surface area contributed by atoms with Crippen LogP contribution < -0.4 is 0 Å². The second kappa shape index (κ2) is 6.48. The zero-order chi connectivity index (χ0) is 20.2. The van der Waals surface area contributed by atoms with Gasteiger partial charge in [0.05, 0.1) is 11.2 Å². The minimum atomic E-state index is 0.0902. The number of nitrogens with zero attached hydrogens (tertiary/aromatic N) is 2. The van der Waals surface area contributed by atoms with Gasteiger partial charge in [0.25, 0.3) is 0 Å². The van der Waals surface area contributed by atoms with Gasteiger partial charge in [-0.1, -0.05) is 48.7 Å². The van der Waals surface area contributed by atoms with Crippen LogP contribution in [0.4, 0.5) is 0 Å². The summed E-state index contributed by atoms with van der Waals surface area (Å²) >= 11 is 0. The first-order chi connectivity index (χ1) is 13.9. The first-order valence-electron chi connectivity index (χ1n) is 10.1. The second-order valence-electron chi connectivity index (χ2n) is 8.65. The molecular weight excluding hydrogens is 354 g/mol. The standard InChI is InChI=1S/C24H22B2N2O/c1-14(2)24(25,26)17-9-10-27-21(13-17)16-7-8-22-18(11-16)19-12-15-5-3-4-6-20(15)28-23(19)29-22/h3-14H,25-26H2,1-2H3. The monoisotopic (exact) mass is 376 g/mol. The van der Waals surface area contributed by atoms with Gasteiger partial charge in [0.1, 0.15) is 21.3 Å². The molecule has 0 bridgehead atoms. The van der Waals surface area contributed by atoms with E-state index in [4.69, 9.17) is 9.40 Å². The van der Waals surface area contributed by atoms with Crippen molar-refractivity contribution >= 4 is 48.7 Å². The van der Waals surface area contributed by atoms with Crippen molar-refractivity contribution in [1.82, 2.24) is 9.97 Å².